The zero-order valence-corrected chi connectivity index (χ0v) is 11.5. The highest BCUT2D eigenvalue weighted by Gasteiger charge is 2.18. The molecular weight excluding hydrogens is 262 g/mol. The molecule has 1 amide bonds. The summed E-state index contributed by atoms with van der Waals surface area (Å²) in [4.78, 5) is 24.8. The molecule has 0 radical (unpaired) electrons. The van der Waals surface area contributed by atoms with Gasteiger partial charge in [0.1, 0.15) is 0 Å². The third-order valence-electron chi connectivity index (χ3n) is 3.07. The zero-order valence-electron chi connectivity index (χ0n) is 11.5. The minimum atomic E-state index is -0.270. The van der Waals surface area contributed by atoms with E-state index in [2.05, 4.69) is 4.74 Å². The number of rotatable bonds is 5. The third kappa shape index (κ3) is 3.20. The van der Waals surface area contributed by atoms with E-state index in [0.29, 0.717) is 36.4 Å². The van der Waals surface area contributed by atoms with Crippen molar-refractivity contribution in [1.29, 1.82) is 0 Å². The fourth-order valence-electron chi connectivity index (χ4n) is 1.91. The van der Waals surface area contributed by atoms with Crippen LogP contribution in [0.5, 0.6) is 11.5 Å². The van der Waals surface area contributed by atoms with Crippen LogP contribution >= 0.6 is 0 Å². The Kier molecular flexibility index (Phi) is 4.45. The summed E-state index contributed by atoms with van der Waals surface area (Å²) in [5.74, 6) is 0.843. The van der Waals surface area contributed by atoms with E-state index in [1.165, 1.54) is 7.11 Å². The van der Waals surface area contributed by atoms with Crippen LogP contribution in [0.3, 0.4) is 0 Å². The number of esters is 1. The summed E-state index contributed by atoms with van der Waals surface area (Å²) < 4.78 is 15.0. The number of ether oxygens (including phenoxy) is 3. The second kappa shape index (κ2) is 6.27. The second-order valence-corrected chi connectivity index (χ2v) is 4.47. The van der Waals surface area contributed by atoms with Gasteiger partial charge in [-0.25, -0.2) is 0 Å². The molecule has 1 aliphatic heterocycles. The molecule has 1 aromatic rings. The summed E-state index contributed by atoms with van der Waals surface area (Å²) in [6.45, 7) is 0.671. The first kappa shape index (κ1) is 14.2. The van der Waals surface area contributed by atoms with Gasteiger partial charge in [0.05, 0.1) is 7.11 Å². The molecule has 0 fully saturated rings. The Bertz CT molecular complexity index is 514. The Balaban J connectivity index is 1.91. The highest BCUT2D eigenvalue weighted by Crippen LogP contribution is 2.32. The number of methoxy groups -OCH3 is 1. The molecule has 0 bridgehead atoms. The molecule has 6 nitrogen and oxygen atoms in total. The van der Waals surface area contributed by atoms with Crippen LogP contribution in [-0.2, 0) is 9.53 Å². The van der Waals surface area contributed by atoms with Gasteiger partial charge >= 0.3 is 5.97 Å². The van der Waals surface area contributed by atoms with Gasteiger partial charge in [0.25, 0.3) is 5.91 Å². The minimum absolute atomic E-state index is 0.117. The molecule has 2 rings (SSSR count). The van der Waals surface area contributed by atoms with Crippen LogP contribution in [0, 0.1) is 0 Å². The van der Waals surface area contributed by atoms with Crippen LogP contribution < -0.4 is 9.47 Å². The maximum Gasteiger partial charge on any atom is 0.305 e. The Morgan fingerprint density at radius 1 is 1.30 bits per heavy atom. The van der Waals surface area contributed by atoms with Crippen molar-refractivity contribution in [1.82, 2.24) is 4.90 Å². The van der Waals surface area contributed by atoms with Crippen LogP contribution in [0.4, 0.5) is 0 Å². The number of hydrogen-bond acceptors (Lipinski definition) is 5. The van der Waals surface area contributed by atoms with E-state index in [4.69, 9.17) is 9.47 Å². The molecule has 0 atom stereocenters. The van der Waals surface area contributed by atoms with E-state index >= 15 is 0 Å². The molecule has 6 heteroatoms. The second-order valence-electron chi connectivity index (χ2n) is 4.47. The number of benzene rings is 1. The smallest absolute Gasteiger partial charge is 0.305 e. The average Bonchev–Trinajstić information content (AvgIpc) is 2.93. The quantitative estimate of drug-likeness (QED) is 0.763. The van der Waals surface area contributed by atoms with E-state index in [1.54, 1.807) is 30.1 Å². The lowest BCUT2D eigenvalue weighted by Gasteiger charge is -2.17. The lowest BCUT2D eigenvalue weighted by atomic mass is 10.1. The molecule has 0 aliphatic carbocycles. The minimum Gasteiger partial charge on any atom is -0.469 e. The molecule has 1 aromatic carbocycles. The standard InChI is InChI=1S/C14H17NO5/c1-15(7-3-4-13(16)18-2)14(17)10-5-6-11-12(8-10)20-9-19-11/h5-6,8H,3-4,7,9H2,1-2H3. The van der Waals surface area contributed by atoms with Gasteiger partial charge in [-0.15, -0.1) is 0 Å². The maximum atomic E-state index is 12.2. The van der Waals surface area contributed by atoms with Crippen molar-refractivity contribution >= 4 is 11.9 Å². The molecule has 20 heavy (non-hydrogen) atoms. The number of carbonyl (C=O) groups excluding carboxylic acids is 2. The van der Waals surface area contributed by atoms with Crippen molar-refractivity contribution in [2.75, 3.05) is 27.5 Å². The van der Waals surface area contributed by atoms with Crippen molar-refractivity contribution in [2.24, 2.45) is 0 Å². The van der Waals surface area contributed by atoms with Crippen LogP contribution in [0.25, 0.3) is 0 Å². The Labute approximate surface area is 117 Å². The lowest BCUT2D eigenvalue weighted by Crippen LogP contribution is -2.28. The summed E-state index contributed by atoms with van der Waals surface area (Å²) in [7, 11) is 3.05. The van der Waals surface area contributed by atoms with E-state index in [0.717, 1.165) is 0 Å². The maximum absolute atomic E-state index is 12.2. The number of hydrogen-bond donors (Lipinski definition) is 0. The predicted octanol–water partition coefficient (Wildman–Crippen LogP) is 1.44. The lowest BCUT2D eigenvalue weighted by molar-refractivity contribution is -0.140. The average molecular weight is 279 g/mol. The van der Waals surface area contributed by atoms with Crippen LogP contribution in [-0.4, -0.2) is 44.3 Å². The van der Waals surface area contributed by atoms with E-state index in [-0.39, 0.29) is 18.7 Å². The summed E-state index contributed by atoms with van der Waals surface area (Å²) in [5.41, 5.74) is 0.537. The number of carbonyl (C=O) groups is 2. The monoisotopic (exact) mass is 279 g/mol. The van der Waals surface area contributed by atoms with Crippen molar-refractivity contribution in [2.45, 2.75) is 12.8 Å². The van der Waals surface area contributed by atoms with E-state index < -0.39 is 0 Å². The van der Waals surface area contributed by atoms with Crippen molar-refractivity contribution in [3.05, 3.63) is 23.8 Å². The molecule has 0 unspecified atom stereocenters. The third-order valence-corrected chi connectivity index (χ3v) is 3.07. The molecule has 0 saturated heterocycles. The predicted molar refractivity (Wildman–Crippen MR) is 70.8 cm³/mol. The van der Waals surface area contributed by atoms with Crippen molar-refractivity contribution in [3.8, 4) is 11.5 Å². The van der Waals surface area contributed by atoms with Crippen LogP contribution in [0.15, 0.2) is 18.2 Å². The van der Waals surface area contributed by atoms with Gasteiger partial charge in [0.15, 0.2) is 11.5 Å². The van der Waals surface area contributed by atoms with Gasteiger partial charge < -0.3 is 19.1 Å². The summed E-state index contributed by atoms with van der Waals surface area (Å²) in [6, 6.07) is 5.09. The van der Waals surface area contributed by atoms with Crippen molar-refractivity contribution < 1.29 is 23.8 Å². The molecule has 0 aromatic heterocycles. The SMILES string of the molecule is COC(=O)CCCN(C)C(=O)c1ccc2c(c1)OCO2. The largest absolute Gasteiger partial charge is 0.469 e. The van der Waals surface area contributed by atoms with Gasteiger partial charge in [-0.3, -0.25) is 9.59 Å². The molecule has 1 heterocycles. The molecule has 108 valence electrons. The first-order chi connectivity index (χ1) is 9.61. The van der Waals surface area contributed by atoms with Gasteiger partial charge in [0, 0.05) is 25.6 Å². The highest BCUT2D eigenvalue weighted by atomic mass is 16.7. The Hall–Kier alpha value is -2.24. The van der Waals surface area contributed by atoms with Gasteiger partial charge in [-0.2, -0.15) is 0 Å². The Morgan fingerprint density at radius 3 is 2.80 bits per heavy atom. The molecular formula is C14H17NO5. The fraction of sp³-hybridized carbons (Fsp3) is 0.429. The number of nitrogens with zero attached hydrogens (tertiary/aromatic N) is 1. The van der Waals surface area contributed by atoms with Crippen molar-refractivity contribution in [3.63, 3.8) is 0 Å². The van der Waals surface area contributed by atoms with Crippen LogP contribution in [0.2, 0.25) is 0 Å². The van der Waals surface area contributed by atoms with Crippen LogP contribution in [0.1, 0.15) is 23.2 Å². The summed E-state index contributed by atoms with van der Waals surface area (Å²) in [5, 5.41) is 0. The zero-order chi connectivity index (χ0) is 14.5. The fourth-order valence-corrected chi connectivity index (χ4v) is 1.91. The molecule has 0 N–H and O–H groups in total. The molecule has 0 saturated carbocycles. The topological polar surface area (TPSA) is 65.1 Å². The van der Waals surface area contributed by atoms with E-state index in [1.807, 2.05) is 0 Å². The van der Waals surface area contributed by atoms with E-state index in [9.17, 15) is 9.59 Å². The van der Waals surface area contributed by atoms with Gasteiger partial charge in [0.2, 0.25) is 6.79 Å². The first-order valence-electron chi connectivity index (χ1n) is 6.33. The molecule has 1 aliphatic rings. The van der Waals surface area contributed by atoms with Gasteiger partial charge in [-0.1, -0.05) is 0 Å². The highest BCUT2D eigenvalue weighted by molar-refractivity contribution is 5.94. The number of fused-ring (bicyclic) bond motifs is 1. The Morgan fingerprint density at radius 2 is 2.05 bits per heavy atom. The normalized spacial score (nSPS) is 12.1. The summed E-state index contributed by atoms with van der Waals surface area (Å²) in [6.07, 6.45) is 0.870. The summed E-state index contributed by atoms with van der Waals surface area (Å²) >= 11 is 0. The molecule has 0 spiro atoms. The first-order valence-corrected chi connectivity index (χ1v) is 6.33. The number of amides is 1. The van der Waals surface area contributed by atoms with Gasteiger partial charge in [-0.05, 0) is 24.6 Å².